The van der Waals surface area contributed by atoms with Gasteiger partial charge in [0.05, 0.1) is 30.5 Å². The number of pyridine rings is 1. The van der Waals surface area contributed by atoms with E-state index in [-0.39, 0.29) is 36.3 Å². The summed E-state index contributed by atoms with van der Waals surface area (Å²) in [5, 5.41) is 14.2. The fourth-order valence-electron chi connectivity index (χ4n) is 4.08. The summed E-state index contributed by atoms with van der Waals surface area (Å²) in [5.74, 6) is -0.0157. The van der Waals surface area contributed by atoms with E-state index in [1.165, 1.54) is 0 Å². The van der Waals surface area contributed by atoms with E-state index in [9.17, 15) is 9.50 Å². The predicted molar refractivity (Wildman–Crippen MR) is 118 cm³/mol. The van der Waals surface area contributed by atoms with Gasteiger partial charge in [0, 0.05) is 29.8 Å². The first-order valence-corrected chi connectivity index (χ1v) is 10.6. The van der Waals surface area contributed by atoms with Gasteiger partial charge >= 0.3 is 0 Å². The zero-order valence-electron chi connectivity index (χ0n) is 18.0. The summed E-state index contributed by atoms with van der Waals surface area (Å²) in [7, 11) is 0. The van der Waals surface area contributed by atoms with Crippen molar-refractivity contribution < 1.29 is 14.2 Å². The molecule has 0 saturated carbocycles. The second kappa shape index (κ2) is 8.82. The van der Waals surface area contributed by atoms with Gasteiger partial charge in [-0.3, -0.25) is 4.98 Å². The van der Waals surface area contributed by atoms with Crippen LogP contribution < -0.4 is 11.1 Å². The van der Waals surface area contributed by atoms with Gasteiger partial charge in [0.15, 0.2) is 5.82 Å². The monoisotopic (exact) mass is 425 g/mol. The highest BCUT2D eigenvalue weighted by Gasteiger charge is 2.25. The number of rotatable bonds is 5. The molecule has 0 spiro atoms. The molecule has 4 N–H and O–H groups in total. The van der Waals surface area contributed by atoms with Crippen LogP contribution in [0.3, 0.4) is 0 Å². The van der Waals surface area contributed by atoms with Crippen LogP contribution in [0.25, 0.3) is 22.2 Å². The molecule has 0 unspecified atom stereocenters. The number of aliphatic hydroxyl groups excluding tert-OH is 1. The third kappa shape index (κ3) is 4.37. The quantitative estimate of drug-likeness (QED) is 0.574. The predicted octanol–water partition coefficient (Wildman–Crippen LogP) is 3.54. The summed E-state index contributed by atoms with van der Waals surface area (Å²) in [4.78, 5) is 13.0. The van der Waals surface area contributed by atoms with Gasteiger partial charge in [-0.25, -0.2) is 14.4 Å². The SMILES string of the molecule is CC(C)c1c([C@H](C)N)cnc2ccc(-c3nc(N[C@@H]4CCOC[C@H]4O)ncc3F)cc12. The molecule has 3 heterocycles. The first kappa shape index (κ1) is 21.5. The smallest absolute Gasteiger partial charge is 0.223 e. The summed E-state index contributed by atoms with van der Waals surface area (Å²) >= 11 is 0. The van der Waals surface area contributed by atoms with Crippen LogP contribution in [-0.4, -0.2) is 45.4 Å². The maximum Gasteiger partial charge on any atom is 0.223 e. The Morgan fingerprint density at radius 3 is 2.74 bits per heavy atom. The maximum atomic E-state index is 14.7. The highest BCUT2D eigenvalue weighted by Crippen LogP contribution is 2.33. The van der Waals surface area contributed by atoms with Crippen molar-refractivity contribution in [2.45, 2.75) is 51.3 Å². The van der Waals surface area contributed by atoms with Crippen molar-refractivity contribution in [3.05, 3.63) is 47.5 Å². The third-order valence-corrected chi connectivity index (χ3v) is 5.67. The maximum absolute atomic E-state index is 14.7. The highest BCUT2D eigenvalue weighted by atomic mass is 19.1. The standard InChI is InChI=1S/C23H28FN5O2/c1-12(2)21-15-8-14(4-5-18(15)26-9-16(21)13(3)25)22-17(24)10-27-23(29-22)28-19-6-7-31-11-20(19)30/h4-5,8-10,12-13,19-20,30H,6-7,11,25H2,1-3H3,(H,27,28,29)/t13-,19+,20+/m0/s1. The fraction of sp³-hybridized carbons (Fsp3) is 0.435. The van der Waals surface area contributed by atoms with Gasteiger partial charge in [0.1, 0.15) is 5.69 Å². The van der Waals surface area contributed by atoms with E-state index in [4.69, 9.17) is 10.5 Å². The average Bonchev–Trinajstić information content (AvgIpc) is 2.75. The summed E-state index contributed by atoms with van der Waals surface area (Å²) in [6.07, 6.45) is 2.94. The molecule has 0 radical (unpaired) electrons. The van der Waals surface area contributed by atoms with Crippen LogP contribution >= 0.6 is 0 Å². The number of halogens is 1. The van der Waals surface area contributed by atoms with Crippen molar-refractivity contribution in [2.24, 2.45) is 5.73 Å². The van der Waals surface area contributed by atoms with Gasteiger partial charge < -0.3 is 20.9 Å². The third-order valence-electron chi connectivity index (χ3n) is 5.67. The molecule has 0 bridgehead atoms. The zero-order valence-corrected chi connectivity index (χ0v) is 18.0. The average molecular weight is 426 g/mol. The number of fused-ring (bicyclic) bond motifs is 1. The van der Waals surface area contributed by atoms with Gasteiger partial charge in [0.2, 0.25) is 5.95 Å². The van der Waals surface area contributed by atoms with Crippen molar-refractivity contribution in [3.63, 3.8) is 0 Å². The minimum atomic E-state index is -0.664. The lowest BCUT2D eigenvalue weighted by molar-refractivity contribution is -0.0136. The van der Waals surface area contributed by atoms with E-state index >= 15 is 0 Å². The molecule has 0 aliphatic carbocycles. The van der Waals surface area contributed by atoms with Crippen LogP contribution in [0.5, 0.6) is 0 Å². The molecular formula is C23H28FN5O2. The van der Waals surface area contributed by atoms with Gasteiger partial charge in [-0.1, -0.05) is 19.9 Å². The number of nitrogens with zero attached hydrogens (tertiary/aromatic N) is 3. The highest BCUT2D eigenvalue weighted by molar-refractivity contribution is 5.88. The molecule has 7 nitrogen and oxygen atoms in total. The van der Waals surface area contributed by atoms with E-state index in [1.54, 1.807) is 0 Å². The number of ether oxygens (including phenoxy) is 1. The fourth-order valence-corrected chi connectivity index (χ4v) is 4.08. The lowest BCUT2D eigenvalue weighted by atomic mass is 9.90. The number of benzene rings is 1. The molecule has 164 valence electrons. The molecule has 1 aromatic carbocycles. The molecule has 1 fully saturated rings. The number of aromatic nitrogens is 3. The van der Waals surface area contributed by atoms with E-state index in [1.807, 2.05) is 31.3 Å². The van der Waals surface area contributed by atoms with Crippen molar-refractivity contribution in [1.82, 2.24) is 15.0 Å². The number of nitrogens with one attached hydrogen (secondary N) is 1. The Balaban J connectivity index is 1.76. The Bertz CT molecular complexity index is 1090. The Kier molecular flexibility index (Phi) is 6.13. The Hall–Kier alpha value is -2.68. The summed E-state index contributed by atoms with van der Waals surface area (Å²) in [6, 6.07) is 5.20. The lowest BCUT2D eigenvalue weighted by Crippen LogP contribution is -2.42. The Labute approximate surface area is 180 Å². The molecule has 31 heavy (non-hydrogen) atoms. The number of anilines is 1. The van der Waals surface area contributed by atoms with E-state index in [0.29, 0.717) is 18.6 Å². The van der Waals surface area contributed by atoms with Crippen LogP contribution in [0.2, 0.25) is 0 Å². The molecule has 8 heteroatoms. The van der Waals surface area contributed by atoms with Crippen molar-refractivity contribution in [1.29, 1.82) is 0 Å². The molecule has 4 rings (SSSR count). The lowest BCUT2D eigenvalue weighted by Gasteiger charge is -2.28. The van der Waals surface area contributed by atoms with Crippen LogP contribution in [-0.2, 0) is 4.74 Å². The van der Waals surface area contributed by atoms with Gasteiger partial charge in [0.25, 0.3) is 0 Å². The molecule has 3 atom stereocenters. The minimum absolute atomic E-state index is 0.157. The van der Waals surface area contributed by atoms with Crippen LogP contribution in [0.1, 0.15) is 50.3 Å². The van der Waals surface area contributed by atoms with Crippen molar-refractivity contribution in [2.75, 3.05) is 18.5 Å². The normalized spacial score (nSPS) is 20.2. The Morgan fingerprint density at radius 1 is 1.23 bits per heavy atom. The minimum Gasteiger partial charge on any atom is -0.389 e. The van der Waals surface area contributed by atoms with Crippen molar-refractivity contribution in [3.8, 4) is 11.3 Å². The molecule has 0 amide bonds. The molecule has 3 aromatic rings. The second-order valence-corrected chi connectivity index (χ2v) is 8.37. The first-order valence-electron chi connectivity index (χ1n) is 10.6. The van der Waals surface area contributed by atoms with E-state index < -0.39 is 11.9 Å². The van der Waals surface area contributed by atoms with E-state index in [0.717, 1.165) is 28.2 Å². The largest absolute Gasteiger partial charge is 0.389 e. The molecule has 1 saturated heterocycles. The van der Waals surface area contributed by atoms with Crippen LogP contribution in [0, 0.1) is 5.82 Å². The first-order chi connectivity index (χ1) is 14.8. The van der Waals surface area contributed by atoms with Crippen LogP contribution in [0.4, 0.5) is 10.3 Å². The second-order valence-electron chi connectivity index (χ2n) is 8.37. The van der Waals surface area contributed by atoms with Gasteiger partial charge in [-0.15, -0.1) is 0 Å². The summed E-state index contributed by atoms with van der Waals surface area (Å²) in [5.41, 5.74) is 9.93. The van der Waals surface area contributed by atoms with Gasteiger partial charge in [-0.2, -0.15) is 0 Å². The summed E-state index contributed by atoms with van der Waals surface area (Å²) < 4.78 is 20.0. The van der Waals surface area contributed by atoms with Crippen LogP contribution in [0.15, 0.2) is 30.6 Å². The molecular weight excluding hydrogens is 397 g/mol. The zero-order chi connectivity index (χ0) is 22.1. The number of hydrogen-bond acceptors (Lipinski definition) is 7. The van der Waals surface area contributed by atoms with Gasteiger partial charge in [-0.05, 0) is 42.5 Å². The summed E-state index contributed by atoms with van der Waals surface area (Å²) in [6.45, 7) is 6.95. The topological polar surface area (TPSA) is 106 Å². The molecule has 2 aromatic heterocycles. The van der Waals surface area contributed by atoms with E-state index in [2.05, 4.69) is 34.1 Å². The number of aliphatic hydroxyl groups is 1. The van der Waals surface area contributed by atoms with Crippen molar-refractivity contribution >= 4 is 16.9 Å². The number of hydrogen-bond donors (Lipinski definition) is 3. The molecule has 1 aliphatic rings. The molecule has 1 aliphatic heterocycles. The Morgan fingerprint density at radius 2 is 2.03 bits per heavy atom. The number of nitrogens with two attached hydrogens (primary N) is 1.